The lowest BCUT2D eigenvalue weighted by molar-refractivity contribution is 0.190. The van der Waals surface area contributed by atoms with Gasteiger partial charge in [0.25, 0.3) is 0 Å². The van der Waals surface area contributed by atoms with Gasteiger partial charge in [0.2, 0.25) is 0 Å². The molecule has 0 aliphatic heterocycles. The lowest BCUT2D eigenvalue weighted by Gasteiger charge is -2.13. The summed E-state index contributed by atoms with van der Waals surface area (Å²) in [6, 6.07) is 7.59. The Morgan fingerprint density at radius 1 is 1.39 bits per heavy atom. The molecule has 0 fully saturated rings. The molecule has 1 aromatic heterocycles. The van der Waals surface area contributed by atoms with E-state index in [-0.39, 0.29) is 0 Å². The highest BCUT2D eigenvalue weighted by Crippen LogP contribution is 2.24. The van der Waals surface area contributed by atoms with Crippen molar-refractivity contribution in [3.8, 4) is 5.75 Å². The van der Waals surface area contributed by atoms with Crippen molar-refractivity contribution in [2.45, 2.75) is 26.0 Å². The first-order valence-electron chi connectivity index (χ1n) is 6.13. The van der Waals surface area contributed by atoms with Gasteiger partial charge in [-0.25, -0.2) is 4.98 Å². The van der Waals surface area contributed by atoms with Gasteiger partial charge in [-0.05, 0) is 19.4 Å². The van der Waals surface area contributed by atoms with Crippen LogP contribution in [0.25, 0.3) is 0 Å². The van der Waals surface area contributed by atoms with Gasteiger partial charge in [0, 0.05) is 24.5 Å². The lowest BCUT2D eigenvalue weighted by atomic mass is 10.1. The molecule has 1 N–H and O–H groups in total. The van der Waals surface area contributed by atoms with E-state index in [1.54, 1.807) is 19.4 Å². The lowest BCUT2D eigenvalue weighted by Crippen LogP contribution is -2.05. The molecule has 96 valence electrons. The first-order valence-corrected chi connectivity index (χ1v) is 6.13. The van der Waals surface area contributed by atoms with Gasteiger partial charge in [0.1, 0.15) is 5.75 Å². The van der Waals surface area contributed by atoms with E-state index in [0.717, 1.165) is 24.3 Å². The number of benzene rings is 1. The van der Waals surface area contributed by atoms with Crippen LogP contribution >= 0.6 is 0 Å². The van der Waals surface area contributed by atoms with Crippen LogP contribution in [0.4, 0.5) is 0 Å². The van der Waals surface area contributed by atoms with Crippen molar-refractivity contribution in [3.05, 3.63) is 48.5 Å². The van der Waals surface area contributed by atoms with Gasteiger partial charge in [0.05, 0.1) is 19.0 Å². The normalized spacial score (nSPS) is 12.3. The zero-order valence-electron chi connectivity index (χ0n) is 10.5. The first kappa shape index (κ1) is 12.6. The fourth-order valence-corrected chi connectivity index (χ4v) is 1.81. The van der Waals surface area contributed by atoms with E-state index in [0.29, 0.717) is 6.61 Å². The second-order valence-corrected chi connectivity index (χ2v) is 4.22. The Kier molecular flexibility index (Phi) is 4.36. The highest BCUT2D eigenvalue weighted by Gasteiger charge is 2.07. The third-order valence-electron chi connectivity index (χ3n) is 2.75. The largest absolute Gasteiger partial charge is 0.493 e. The van der Waals surface area contributed by atoms with Crippen LogP contribution in [0, 0.1) is 0 Å². The molecule has 1 heterocycles. The number of aliphatic hydroxyl groups excluding tert-OH is 1. The van der Waals surface area contributed by atoms with E-state index in [1.807, 2.05) is 35.0 Å². The molecule has 1 atom stereocenters. The van der Waals surface area contributed by atoms with Gasteiger partial charge in [-0.2, -0.15) is 0 Å². The summed E-state index contributed by atoms with van der Waals surface area (Å²) in [4.78, 5) is 3.99. The fourth-order valence-electron chi connectivity index (χ4n) is 1.81. The molecular weight excluding hydrogens is 228 g/mol. The topological polar surface area (TPSA) is 47.3 Å². The molecule has 0 bridgehead atoms. The summed E-state index contributed by atoms with van der Waals surface area (Å²) in [5, 5.41) is 9.62. The van der Waals surface area contributed by atoms with E-state index in [4.69, 9.17) is 4.74 Å². The molecule has 4 nitrogen and oxygen atoms in total. The first-order chi connectivity index (χ1) is 8.77. The molecule has 4 heteroatoms. The van der Waals surface area contributed by atoms with E-state index < -0.39 is 6.10 Å². The minimum Gasteiger partial charge on any atom is -0.493 e. The Labute approximate surface area is 107 Å². The van der Waals surface area contributed by atoms with Crippen molar-refractivity contribution in [3.63, 3.8) is 0 Å². The summed E-state index contributed by atoms with van der Waals surface area (Å²) >= 11 is 0. The summed E-state index contributed by atoms with van der Waals surface area (Å²) in [5.41, 5.74) is 0.833. The number of hydrogen-bond donors (Lipinski definition) is 1. The van der Waals surface area contributed by atoms with Crippen LogP contribution in [0.15, 0.2) is 43.0 Å². The van der Waals surface area contributed by atoms with Crippen LogP contribution < -0.4 is 4.74 Å². The van der Waals surface area contributed by atoms with E-state index >= 15 is 0 Å². The molecule has 0 saturated carbocycles. The highest BCUT2D eigenvalue weighted by molar-refractivity contribution is 5.34. The average molecular weight is 246 g/mol. The quantitative estimate of drug-likeness (QED) is 0.796. The Morgan fingerprint density at radius 3 is 2.94 bits per heavy atom. The standard InChI is InChI=1S/C14H18N2O2/c1-12(17)13-5-2-3-6-14(13)18-10-4-8-16-9-7-15-11-16/h2-3,5-7,9,11-12,17H,4,8,10H2,1H3/t12-/m0/s1. The third-order valence-corrected chi connectivity index (χ3v) is 2.75. The van der Waals surface area contributed by atoms with E-state index in [1.165, 1.54) is 0 Å². The number of hydrogen-bond acceptors (Lipinski definition) is 3. The fraction of sp³-hybridized carbons (Fsp3) is 0.357. The Bertz CT molecular complexity index is 466. The van der Waals surface area contributed by atoms with Gasteiger partial charge in [0.15, 0.2) is 0 Å². The van der Waals surface area contributed by atoms with Crippen molar-refractivity contribution < 1.29 is 9.84 Å². The van der Waals surface area contributed by atoms with Crippen LogP contribution in [-0.2, 0) is 6.54 Å². The predicted molar refractivity (Wildman–Crippen MR) is 69.4 cm³/mol. The van der Waals surface area contributed by atoms with Crippen molar-refractivity contribution in [2.75, 3.05) is 6.61 Å². The summed E-state index contributed by atoms with van der Waals surface area (Å²) in [7, 11) is 0. The number of para-hydroxylation sites is 1. The summed E-state index contributed by atoms with van der Waals surface area (Å²) in [6.45, 7) is 3.26. The van der Waals surface area contributed by atoms with Crippen LogP contribution in [0.2, 0.25) is 0 Å². The maximum absolute atomic E-state index is 9.62. The van der Waals surface area contributed by atoms with Crippen molar-refractivity contribution in [1.82, 2.24) is 9.55 Å². The molecule has 2 rings (SSSR count). The van der Waals surface area contributed by atoms with Crippen LogP contribution in [0.3, 0.4) is 0 Å². The molecule has 1 aromatic carbocycles. The predicted octanol–water partition coefficient (Wildman–Crippen LogP) is 2.41. The van der Waals surface area contributed by atoms with Gasteiger partial charge in [-0.3, -0.25) is 0 Å². The minimum absolute atomic E-state index is 0.505. The molecule has 0 unspecified atom stereocenters. The number of aryl methyl sites for hydroxylation is 1. The summed E-state index contributed by atoms with van der Waals surface area (Å²) in [5.74, 6) is 0.762. The maximum atomic E-state index is 9.62. The summed E-state index contributed by atoms with van der Waals surface area (Å²) < 4.78 is 7.72. The van der Waals surface area contributed by atoms with Crippen LogP contribution in [0.5, 0.6) is 5.75 Å². The summed E-state index contributed by atoms with van der Waals surface area (Å²) in [6.07, 6.45) is 5.90. The second-order valence-electron chi connectivity index (χ2n) is 4.22. The zero-order chi connectivity index (χ0) is 12.8. The number of nitrogens with zero attached hydrogens (tertiary/aromatic N) is 2. The van der Waals surface area contributed by atoms with Gasteiger partial charge < -0.3 is 14.4 Å². The molecule has 0 spiro atoms. The molecule has 0 aliphatic rings. The van der Waals surface area contributed by atoms with Crippen molar-refractivity contribution in [2.24, 2.45) is 0 Å². The van der Waals surface area contributed by atoms with Crippen LogP contribution in [-0.4, -0.2) is 21.3 Å². The van der Waals surface area contributed by atoms with E-state index in [9.17, 15) is 5.11 Å². The molecule has 0 aliphatic carbocycles. The third kappa shape index (κ3) is 3.34. The highest BCUT2D eigenvalue weighted by atomic mass is 16.5. The van der Waals surface area contributed by atoms with Crippen molar-refractivity contribution in [1.29, 1.82) is 0 Å². The smallest absolute Gasteiger partial charge is 0.125 e. The number of ether oxygens (including phenoxy) is 1. The van der Waals surface area contributed by atoms with Crippen molar-refractivity contribution >= 4 is 0 Å². The van der Waals surface area contributed by atoms with Gasteiger partial charge >= 0.3 is 0 Å². The molecule has 0 amide bonds. The monoisotopic (exact) mass is 246 g/mol. The maximum Gasteiger partial charge on any atom is 0.125 e. The number of aliphatic hydroxyl groups is 1. The Balaban J connectivity index is 1.83. The molecular formula is C14H18N2O2. The Morgan fingerprint density at radius 2 is 2.22 bits per heavy atom. The second kappa shape index (κ2) is 6.21. The molecule has 2 aromatic rings. The van der Waals surface area contributed by atoms with Gasteiger partial charge in [-0.15, -0.1) is 0 Å². The van der Waals surface area contributed by atoms with E-state index in [2.05, 4.69) is 4.98 Å². The van der Waals surface area contributed by atoms with Gasteiger partial charge in [-0.1, -0.05) is 18.2 Å². The number of rotatable bonds is 6. The average Bonchev–Trinajstić information content (AvgIpc) is 2.88. The van der Waals surface area contributed by atoms with Crippen LogP contribution in [0.1, 0.15) is 25.0 Å². The number of imidazole rings is 1. The zero-order valence-corrected chi connectivity index (χ0v) is 10.5. The molecule has 0 saturated heterocycles. The SMILES string of the molecule is C[C@H](O)c1ccccc1OCCCn1ccnc1. The number of aromatic nitrogens is 2. The Hall–Kier alpha value is -1.81. The molecule has 18 heavy (non-hydrogen) atoms. The minimum atomic E-state index is -0.505. The molecule has 0 radical (unpaired) electrons.